The predicted molar refractivity (Wildman–Crippen MR) is 60.7 cm³/mol. The number of rotatable bonds is 4. The largest absolute Gasteiger partial charge is 0.371 e. The molecular weight excluding hydrogens is 209 g/mol. The van der Waals surface area contributed by atoms with Crippen LogP contribution in [0, 0.1) is 11.7 Å². The van der Waals surface area contributed by atoms with E-state index in [1.165, 1.54) is 6.20 Å². The lowest BCUT2D eigenvalue weighted by atomic mass is 10.1. The molecule has 0 fully saturated rings. The number of halogens is 1. The van der Waals surface area contributed by atoms with E-state index in [2.05, 4.69) is 10.3 Å². The van der Waals surface area contributed by atoms with E-state index in [9.17, 15) is 9.18 Å². The number of amides is 1. The number of aromatic nitrogens is 1. The number of hydrogen-bond donors (Lipinski definition) is 1. The number of pyridine rings is 1. The Hall–Kier alpha value is -1.65. The average molecular weight is 225 g/mol. The zero-order chi connectivity index (χ0) is 12.1. The minimum Gasteiger partial charge on any atom is -0.371 e. The van der Waals surface area contributed by atoms with Crippen LogP contribution in [0.1, 0.15) is 6.92 Å². The van der Waals surface area contributed by atoms with Gasteiger partial charge in [0, 0.05) is 26.8 Å². The van der Waals surface area contributed by atoms with Crippen LogP contribution in [0.4, 0.5) is 10.1 Å². The number of carbonyl (C=O) groups is 1. The van der Waals surface area contributed by atoms with Gasteiger partial charge in [-0.25, -0.2) is 4.39 Å². The van der Waals surface area contributed by atoms with Crippen molar-refractivity contribution in [1.82, 2.24) is 10.3 Å². The van der Waals surface area contributed by atoms with Crippen molar-refractivity contribution in [2.24, 2.45) is 5.92 Å². The smallest absolute Gasteiger partial charge is 0.224 e. The van der Waals surface area contributed by atoms with Crippen molar-refractivity contribution in [2.45, 2.75) is 6.92 Å². The number of hydrogen-bond acceptors (Lipinski definition) is 3. The van der Waals surface area contributed by atoms with Gasteiger partial charge in [0.2, 0.25) is 5.91 Å². The van der Waals surface area contributed by atoms with E-state index in [0.29, 0.717) is 12.2 Å². The van der Waals surface area contributed by atoms with Crippen LogP contribution in [0.25, 0.3) is 0 Å². The van der Waals surface area contributed by atoms with Gasteiger partial charge in [-0.05, 0) is 6.07 Å². The van der Waals surface area contributed by atoms with Crippen LogP contribution in [0.5, 0.6) is 0 Å². The standard InChI is InChI=1S/C11H16FN3O/c1-8(11(16)13-2)7-15(3)10-4-5-14-6-9(10)12/h4-6,8H,7H2,1-3H3,(H,13,16). The number of carbonyl (C=O) groups excluding carboxylic acids is 1. The van der Waals surface area contributed by atoms with Gasteiger partial charge in [-0.3, -0.25) is 9.78 Å². The molecule has 5 heteroatoms. The maximum Gasteiger partial charge on any atom is 0.224 e. The van der Waals surface area contributed by atoms with Gasteiger partial charge >= 0.3 is 0 Å². The van der Waals surface area contributed by atoms with E-state index < -0.39 is 0 Å². The lowest BCUT2D eigenvalue weighted by Crippen LogP contribution is -2.34. The summed E-state index contributed by atoms with van der Waals surface area (Å²) in [4.78, 5) is 16.7. The first kappa shape index (κ1) is 12.4. The van der Waals surface area contributed by atoms with Crippen LogP contribution in [0.2, 0.25) is 0 Å². The second-order valence-electron chi connectivity index (χ2n) is 3.72. The van der Waals surface area contributed by atoms with Crippen molar-refractivity contribution in [3.05, 3.63) is 24.3 Å². The van der Waals surface area contributed by atoms with E-state index in [1.807, 2.05) is 0 Å². The molecule has 1 amide bonds. The van der Waals surface area contributed by atoms with Gasteiger partial charge in [-0.2, -0.15) is 0 Å². The molecule has 0 aliphatic carbocycles. The lowest BCUT2D eigenvalue weighted by Gasteiger charge is -2.22. The molecule has 16 heavy (non-hydrogen) atoms. The fraction of sp³-hybridized carbons (Fsp3) is 0.455. The Morgan fingerprint density at radius 2 is 2.38 bits per heavy atom. The molecule has 1 rings (SSSR count). The summed E-state index contributed by atoms with van der Waals surface area (Å²) in [5, 5.41) is 2.56. The molecule has 0 aliphatic rings. The van der Waals surface area contributed by atoms with Crippen molar-refractivity contribution in [3.8, 4) is 0 Å². The highest BCUT2D eigenvalue weighted by Crippen LogP contribution is 2.16. The number of anilines is 1. The summed E-state index contributed by atoms with van der Waals surface area (Å²) in [6.45, 7) is 2.26. The Morgan fingerprint density at radius 1 is 1.69 bits per heavy atom. The summed E-state index contributed by atoms with van der Waals surface area (Å²) >= 11 is 0. The first-order chi connectivity index (χ1) is 7.56. The molecule has 0 saturated carbocycles. The van der Waals surface area contributed by atoms with Crippen molar-refractivity contribution in [1.29, 1.82) is 0 Å². The normalized spacial score (nSPS) is 12.0. The summed E-state index contributed by atoms with van der Waals surface area (Å²) in [7, 11) is 3.34. The van der Waals surface area contributed by atoms with Crippen molar-refractivity contribution in [2.75, 3.05) is 25.5 Å². The van der Waals surface area contributed by atoms with Gasteiger partial charge in [-0.15, -0.1) is 0 Å². The minimum atomic E-state index is -0.380. The Morgan fingerprint density at radius 3 is 2.94 bits per heavy atom. The fourth-order valence-electron chi connectivity index (χ4n) is 1.52. The second kappa shape index (κ2) is 5.44. The van der Waals surface area contributed by atoms with Crippen LogP contribution in [-0.2, 0) is 4.79 Å². The molecular formula is C11H16FN3O. The predicted octanol–water partition coefficient (Wildman–Crippen LogP) is 1.04. The topological polar surface area (TPSA) is 45.2 Å². The third-order valence-corrected chi connectivity index (χ3v) is 2.40. The third-order valence-electron chi connectivity index (χ3n) is 2.40. The molecule has 88 valence electrons. The maximum atomic E-state index is 13.4. The van der Waals surface area contributed by atoms with E-state index in [1.54, 1.807) is 32.0 Å². The van der Waals surface area contributed by atoms with Gasteiger partial charge in [-0.1, -0.05) is 6.92 Å². The van der Waals surface area contributed by atoms with Crippen LogP contribution in [0.3, 0.4) is 0 Å². The van der Waals surface area contributed by atoms with E-state index >= 15 is 0 Å². The molecule has 0 aromatic carbocycles. The third kappa shape index (κ3) is 2.92. The molecule has 1 heterocycles. The van der Waals surface area contributed by atoms with Crippen LogP contribution >= 0.6 is 0 Å². The molecule has 1 N–H and O–H groups in total. The van der Waals surface area contributed by atoms with Gasteiger partial charge < -0.3 is 10.2 Å². The van der Waals surface area contributed by atoms with Gasteiger partial charge in [0.1, 0.15) is 0 Å². The highest BCUT2D eigenvalue weighted by atomic mass is 19.1. The summed E-state index contributed by atoms with van der Waals surface area (Å²) in [5.41, 5.74) is 0.450. The Kier molecular flexibility index (Phi) is 4.22. The van der Waals surface area contributed by atoms with Gasteiger partial charge in [0.25, 0.3) is 0 Å². The molecule has 0 aliphatic heterocycles. The molecule has 4 nitrogen and oxygen atoms in total. The Balaban J connectivity index is 2.69. The quantitative estimate of drug-likeness (QED) is 0.832. The molecule has 1 atom stereocenters. The van der Waals surface area contributed by atoms with Crippen molar-refractivity contribution in [3.63, 3.8) is 0 Å². The maximum absolute atomic E-state index is 13.4. The van der Waals surface area contributed by atoms with Crippen molar-refractivity contribution >= 4 is 11.6 Å². The Bertz CT molecular complexity index is 370. The molecule has 1 aromatic heterocycles. The van der Waals surface area contributed by atoms with Crippen molar-refractivity contribution < 1.29 is 9.18 Å². The zero-order valence-electron chi connectivity index (χ0n) is 9.70. The second-order valence-corrected chi connectivity index (χ2v) is 3.72. The van der Waals surface area contributed by atoms with Gasteiger partial charge in [0.05, 0.1) is 17.8 Å². The highest BCUT2D eigenvalue weighted by molar-refractivity contribution is 5.78. The molecule has 0 saturated heterocycles. The SMILES string of the molecule is CNC(=O)C(C)CN(C)c1ccncc1F. The van der Waals surface area contributed by atoms with Crippen LogP contribution in [0.15, 0.2) is 18.5 Å². The first-order valence-electron chi connectivity index (χ1n) is 5.08. The highest BCUT2D eigenvalue weighted by Gasteiger charge is 2.15. The number of nitrogens with zero attached hydrogens (tertiary/aromatic N) is 2. The summed E-state index contributed by atoms with van der Waals surface area (Å²) in [6.07, 6.45) is 2.69. The fourth-order valence-corrected chi connectivity index (χ4v) is 1.52. The van der Waals surface area contributed by atoms with E-state index in [0.717, 1.165) is 6.20 Å². The molecule has 1 aromatic rings. The first-order valence-corrected chi connectivity index (χ1v) is 5.08. The van der Waals surface area contributed by atoms with Gasteiger partial charge in [0.15, 0.2) is 5.82 Å². The molecule has 0 bridgehead atoms. The van der Waals surface area contributed by atoms with Crippen LogP contribution < -0.4 is 10.2 Å². The van der Waals surface area contributed by atoms with E-state index in [-0.39, 0.29) is 17.6 Å². The lowest BCUT2D eigenvalue weighted by molar-refractivity contribution is -0.123. The average Bonchev–Trinajstić information content (AvgIpc) is 2.28. The van der Waals surface area contributed by atoms with Crippen LogP contribution in [-0.4, -0.2) is 31.5 Å². The summed E-state index contributed by atoms with van der Waals surface area (Å²) in [6, 6.07) is 1.59. The Labute approximate surface area is 94.5 Å². The monoisotopic (exact) mass is 225 g/mol. The zero-order valence-corrected chi connectivity index (χ0v) is 9.70. The molecule has 0 radical (unpaired) electrons. The molecule has 1 unspecified atom stereocenters. The number of nitrogens with one attached hydrogen (secondary N) is 1. The molecule has 0 spiro atoms. The summed E-state index contributed by atoms with van der Waals surface area (Å²) < 4.78 is 13.4. The summed E-state index contributed by atoms with van der Waals surface area (Å²) in [5.74, 6) is -0.627. The minimum absolute atomic E-state index is 0.0543. The van der Waals surface area contributed by atoms with E-state index in [4.69, 9.17) is 0 Å².